The molecule has 1 aliphatic heterocycles. The van der Waals surface area contributed by atoms with Crippen molar-refractivity contribution >= 4 is 6.09 Å². The Labute approximate surface area is 99.3 Å². The second kappa shape index (κ2) is 5.05. The third-order valence-corrected chi connectivity index (χ3v) is 2.76. The first kappa shape index (κ1) is 11.7. The van der Waals surface area contributed by atoms with Gasteiger partial charge >= 0.3 is 6.09 Å². The number of rotatable bonds is 2. The fraction of sp³-hybridized carbons (Fsp3) is 0.417. The predicted molar refractivity (Wildman–Crippen MR) is 60.9 cm³/mol. The fourth-order valence-corrected chi connectivity index (χ4v) is 1.94. The van der Waals surface area contributed by atoms with Gasteiger partial charge in [0.1, 0.15) is 18.5 Å². The highest BCUT2D eigenvalue weighted by molar-refractivity contribution is 5.66. The first-order valence-electron chi connectivity index (χ1n) is 5.49. The smallest absolute Gasteiger partial charge is 0.406 e. The van der Waals surface area contributed by atoms with E-state index < -0.39 is 12.2 Å². The van der Waals surface area contributed by atoms with Crippen LogP contribution < -0.4 is 5.32 Å². The number of carbonyl (C=O) groups is 1. The number of benzene rings is 1. The number of aromatic hydroxyl groups is 1. The van der Waals surface area contributed by atoms with Gasteiger partial charge in [0.05, 0.1) is 6.61 Å². The predicted octanol–water partition coefficient (Wildman–Crippen LogP) is 1.36. The Hall–Kier alpha value is -1.75. The molecule has 1 aromatic carbocycles. The van der Waals surface area contributed by atoms with Crippen LogP contribution in [0.4, 0.5) is 4.79 Å². The average molecular weight is 237 g/mol. The molecule has 5 heteroatoms. The molecular formula is C12H15NO4. The Kier molecular flexibility index (Phi) is 3.49. The van der Waals surface area contributed by atoms with Crippen LogP contribution in [0.1, 0.15) is 17.2 Å². The number of fused-ring (bicyclic) bond motifs is 1. The van der Waals surface area contributed by atoms with Crippen molar-refractivity contribution in [3.8, 4) is 5.75 Å². The molecule has 1 amide bonds. The molecule has 5 nitrogen and oxygen atoms in total. The van der Waals surface area contributed by atoms with Crippen LogP contribution in [0.2, 0.25) is 0 Å². The van der Waals surface area contributed by atoms with Gasteiger partial charge in [0.15, 0.2) is 0 Å². The van der Waals surface area contributed by atoms with Crippen molar-refractivity contribution in [1.82, 2.24) is 5.32 Å². The maximum absolute atomic E-state index is 11.0. The summed E-state index contributed by atoms with van der Waals surface area (Å²) in [5, 5.41) is 12.2. The van der Waals surface area contributed by atoms with Crippen LogP contribution in [-0.4, -0.2) is 31.5 Å². The van der Waals surface area contributed by atoms with E-state index in [0.29, 0.717) is 6.61 Å². The minimum atomic E-state index is -0.504. The van der Waals surface area contributed by atoms with E-state index in [2.05, 4.69) is 5.32 Å². The molecule has 1 heterocycles. The number of phenols is 1. The van der Waals surface area contributed by atoms with Crippen molar-refractivity contribution in [2.75, 3.05) is 20.3 Å². The summed E-state index contributed by atoms with van der Waals surface area (Å²) in [6.45, 7) is 0.669. The van der Waals surface area contributed by atoms with Gasteiger partial charge in [0.25, 0.3) is 0 Å². The van der Waals surface area contributed by atoms with Gasteiger partial charge < -0.3 is 19.9 Å². The monoisotopic (exact) mass is 237 g/mol. The van der Waals surface area contributed by atoms with Gasteiger partial charge in [-0.3, -0.25) is 0 Å². The van der Waals surface area contributed by atoms with Gasteiger partial charge in [-0.2, -0.15) is 0 Å². The van der Waals surface area contributed by atoms with Crippen LogP contribution in [-0.2, 0) is 15.9 Å². The van der Waals surface area contributed by atoms with Crippen LogP contribution in [0.5, 0.6) is 5.75 Å². The number of phenolic OH excluding ortho intramolecular Hbond substituents is 1. The lowest BCUT2D eigenvalue weighted by molar-refractivity contribution is -0.00493. The van der Waals surface area contributed by atoms with E-state index in [1.165, 1.54) is 7.05 Å². The second-order valence-electron chi connectivity index (χ2n) is 3.81. The normalized spacial score (nSPS) is 18.3. The van der Waals surface area contributed by atoms with E-state index in [1.807, 2.05) is 6.07 Å². The Morgan fingerprint density at radius 3 is 3.24 bits per heavy atom. The molecule has 2 rings (SSSR count). The van der Waals surface area contributed by atoms with E-state index in [4.69, 9.17) is 9.47 Å². The van der Waals surface area contributed by atoms with Gasteiger partial charge in [0.2, 0.25) is 0 Å². The highest BCUT2D eigenvalue weighted by Crippen LogP contribution is 2.34. The van der Waals surface area contributed by atoms with E-state index in [1.54, 1.807) is 12.1 Å². The minimum absolute atomic E-state index is 0.101. The summed E-state index contributed by atoms with van der Waals surface area (Å²) in [6, 6.07) is 5.36. The number of ether oxygens (including phenoxy) is 2. The van der Waals surface area contributed by atoms with E-state index in [9.17, 15) is 9.90 Å². The summed E-state index contributed by atoms with van der Waals surface area (Å²) >= 11 is 0. The van der Waals surface area contributed by atoms with Crippen LogP contribution in [0.3, 0.4) is 0 Å². The van der Waals surface area contributed by atoms with Crippen LogP contribution in [0.15, 0.2) is 18.2 Å². The summed E-state index contributed by atoms with van der Waals surface area (Å²) in [4.78, 5) is 11.0. The number of carbonyl (C=O) groups excluding carboxylic acids is 1. The van der Waals surface area contributed by atoms with Crippen molar-refractivity contribution in [1.29, 1.82) is 0 Å². The first-order chi connectivity index (χ1) is 8.22. The van der Waals surface area contributed by atoms with Crippen molar-refractivity contribution in [2.24, 2.45) is 0 Å². The molecule has 0 aliphatic carbocycles. The molecule has 2 N–H and O–H groups in total. The SMILES string of the molecule is CNC(=O)OCC1OCCc2cccc(O)c21. The number of amides is 1. The molecule has 0 radical (unpaired) electrons. The van der Waals surface area contributed by atoms with Crippen molar-refractivity contribution in [3.05, 3.63) is 29.3 Å². The number of alkyl carbamates (subject to hydrolysis) is 1. The van der Waals surface area contributed by atoms with E-state index in [-0.39, 0.29) is 12.4 Å². The average Bonchev–Trinajstić information content (AvgIpc) is 2.36. The minimum Gasteiger partial charge on any atom is -0.508 e. The summed E-state index contributed by atoms with van der Waals surface area (Å²) in [6.07, 6.45) is -0.131. The number of nitrogens with one attached hydrogen (secondary N) is 1. The van der Waals surface area contributed by atoms with E-state index >= 15 is 0 Å². The van der Waals surface area contributed by atoms with Gasteiger partial charge in [0, 0.05) is 12.6 Å². The largest absolute Gasteiger partial charge is 0.508 e. The Bertz CT molecular complexity index is 419. The molecule has 0 fully saturated rings. The second-order valence-corrected chi connectivity index (χ2v) is 3.81. The lowest BCUT2D eigenvalue weighted by atomic mass is 9.97. The highest BCUT2D eigenvalue weighted by atomic mass is 16.6. The molecule has 92 valence electrons. The van der Waals surface area contributed by atoms with E-state index in [0.717, 1.165) is 17.5 Å². The Morgan fingerprint density at radius 2 is 2.47 bits per heavy atom. The van der Waals surface area contributed by atoms with Crippen molar-refractivity contribution in [3.63, 3.8) is 0 Å². The van der Waals surface area contributed by atoms with Gasteiger partial charge in [-0.05, 0) is 18.1 Å². The molecule has 1 unspecified atom stereocenters. The molecule has 0 bridgehead atoms. The molecule has 1 aromatic rings. The molecule has 17 heavy (non-hydrogen) atoms. The lowest BCUT2D eigenvalue weighted by Gasteiger charge is -2.26. The zero-order valence-electron chi connectivity index (χ0n) is 9.60. The summed E-state index contributed by atoms with van der Waals surface area (Å²) in [7, 11) is 1.50. The maximum atomic E-state index is 11.0. The van der Waals surface area contributed by atoms with Crippen LogP contribution in [0, 0.1) is 0 Å². The zero-order valence-corrected chi connectivity index (χ0v) is 9.60. The van der Waals surface area contributed by atoms with Crippen LogP contribution >= 0.6 is 0 Å². The quantitative estimate of drug-likeness (QED) is 0.815. The lowest BCUT2D eigenvalue weighted by Crippen LogP contribution is -2.26. The number of hydrogen-bond acceptors (Lipinski definition) is 4. The summed E-state index contributed by atoms with van der Waals surface area (Å²) in [5.74, 6) is 0.188. The fourth-order valence-electron chi connectivity index (χ4n) is 1.94. The molecule has 0 saturated carbocycles. The first-order valence-corrected chi connectivity index (χ1v) is 5.49. The Balaban J connectivity index is 2.14. The third kappa shape index (κ3) is 2.50. The zero-order chi connectivity index (χ0) is 12.3. The summed E-state index contributed by atoms with van der Waals surface area (Å²) in [5.41, 5.74) is 1.77. The third-order valence-electron chi connectivity index (χ3n) is 2.76. The van der Waals surface area contributed by atoms with Gasteiger partial charge in [-0.25, -0.2) is 4.79 Å². The Morgan fingerprint density at radius 1 is 1.65 bits per heavy atom. The number of hydrogen-bond donors (Lipinski definition) is 2. The topological polar surface area (TPSA) is 67.8 Å². The van der Waals surface area contributed by atoms with Gasteiger partial charge in [-0.1, -0.05) is 12.1 Å². The highest BCUT2D eigenvalue weighted by Gasteiger charge is 2.25. The standard InChI is InChI=1S/C12H15NO4/c1-13-12(15)17-7-10-11-8(5-6-16-10)3-2-4-9(11)14/h2-4,10,14H,5-7H2,1H3,(H,13,15). The van der Waals surface area contributed by atoms with Crippen molar-refractivity contribution in [2.45, 2.75) is 12.5 Å². The maximum Gasteiger partial charge on any atom is 0.406 e. The molecule has 0 spiro atoms. The molecule has 1 aliphatic rings. The molecule has 0 saturated heterocycles. The van der Waals surface area contributed by atoms with Crippen molar-refractivity contribution < 1.29 is 19.4 Å². The van der Waals surface area contributed by atoms with Crippen LogP contribution in [0.25, 0.3) is 0 Å². The molecule has 0 aromatic heterocycles. The molecule has 1 atom stereocenters. The molecular weight excluding hydrogens is 222 g/mol. The van der Waals surface area contributed by atoms with Gasteiger partial charge in [-0.15, -0.1) is 0 Å². The summed E-state index contributed by atoms with van der Waals surface area (Å²) < 4.78 is 10.5.